The number of oxazole rings is 1. The highest BCUT2D eigenvalue weighted by molar-refractivity contribution is 9.10. The summed E-state index contributed by atoms with van der Waals surface area (Å²) < 4.78 is 11.7. The Labute approximate surface area is 93.8 Å². The van der Waals surface area contributed by atoms with E-state index in [9.17, 15) is 0 Å². The molecule has 4 heteroatoms. The maximum absolute atomic E-state index is 5.54. The minimum atomic E-state index is 0.502. The number of hydrogen-bond acceptors (Lipinski definition) is 3. The summed E-state index contributed by atoms with van der Waals surface area (Å²) in [5.41, 5.74) is 1.60. The van der Waals surface area contributed by atoms with Gasteiger partial charge < -0.3 is 8.83 Å². The molecule has 2 aromatic heterocycles. The maximum Gasteiger partial charge on any atom is 0.263 e. The number of para-hydroxylation sites is 2. The Bertz CT molecular complexity index is 579. The Morgan fingerprint density at radius 3 is 2.80 bits per heavy atom. The van der Waals surface area contributed by atoms with E-state index in [1.807, 2.05) is 30.3 Å². The number of hydrogen-bond donors (Lipinski definition) is 0. The molecule has 0 aliphatic carbocycles. The molecule has 74 valence electrons. The molecule has 0 spiro atoms. The molecule has 2 heterocycles. The molecule has 0 amide bonds. The lowest BCUT2D eigenvalue weighted by atomic mass is 10.3. The van der Waals surface area contributed by atoms with Crippen LogP contribution in [0.3, 0.4) is 0 Å². The highest BCUT2D eigenvalue weighted by Crippen LogP contribution is 2.27. The summed E-state index contributed by atoms with van der Waals surface area (Å²) in [6.07, 6.45) is 1.60. The number of nitrogens with zero attached hydrogens (tertiary/aromatic N) is 1. The Balaban J connectivity index is 2.19. The molecular weight excluding hydrogens is 258 g/mol. The van der Waals surface area contributed by atoms with Crippen LogP contribution in [-0.2, 0) is 0 Å². The number of fused-ring (bicyclic) bond motifs is 1. The van der Waals surface area contributed by atoms with Gasteiger partial charge in [-0.05, 0) is 28.1 Å². The van der Waals surface area contributed by atoms with Crippen LogP contribution in [0.25, 0.3) is 22.8 Å². The molecule has 0 atom stereocenters. The van der Waals surface area contributed by atoms with E-state index < -0.39 is 0 Å². The fraction of sp³-hybridized carbons (Fsp3) is 0. The topological polar surface area (TPSA) is 39.2 Å². The lowest BCUT2D eigenvalue weighted by molar-refractivity contribution is 0.534. The Hall–Kier alpha value is -1.55. The zero-order valence-corrected chi connectivity index (χ0v) is 9.19. The highest BCUT2D eigenvalue weighted by Gasteiger charge is 2.10. The van der Waals surface area contributed by atoms with Gasteiger partial charge in [0.05, 0.1) is 4.47 Å². The monoisotopic (exact) mass is 263 g/mol. The SMILES string of the molecule is Brc1coc(-c2nc3ccccc3o2)c1. The van der Waals surface area contributed by atoms with Gasteiger partial charge in [0.1, 0.15) is 11.8 Å². The predicted octanol–water partition coefficient (Wildman–Crippen LogP) is 3.85. The quantitative estimate of drug-likeness (QED) is 0.670. The van der Waals surface area contributed by atoms with Crippen LogP contribution in [0.4, 0.5) is 0 Å². The third-order valence-corrected chi connectivity index (χ3v) is 2.49. The lowest BCUT2D eigenvalue weighted by Crippen LogP contribution is -1.70. The van der Waals surface area contributed by atoms with Crippen LogP contribution in [0.1, 0.15) is 0 Å². The molecule has 3 aromatic rings. The van der Waals surface area contributed by atoms with E-state index in [1.165, 1.54) is 0 Å². The number of rotatable bonds is 1. The van der Waals surface area contributed by atoms with Crippen molar-refractivity contribution in [1.82, 2.24) is 4.98 Å². The van der Waals surface area contributed by atoms with Gasteiger partial charge in [-0.25, -0.2) is 4.98 Å². The molecule has 0 radical (unpaired) electrons. The fourth-order valence-electron chi connectivity index (χ4n) is 1.40. The van der Waals surface area contributed by atoms with Crippen molar-refractivity contribution in [2.45, 2.75) is 0 Å². The summed E-state index contributed by atoms with van der Waals surface area (Å²) >= 11 is 3.31. The highest BCUT2D eigenvalue weighted by atomic mass is 79.9. The smallest absolute Gasteiger partial charge is 0.263 e. The van der Waals surface area contributed by atoms with Gasteiger partial charge in [0.25, 0.3) is 5.89 Å². The lowest BCUT2D eigenvalue weighted by Gasteiger charge is -1.84. The maximum atomic E-state index is 5.54. The van der Waals surface area contributed by atoms with Gasteiger partial charge in [-0.15, -0.1) is 0 Å². The number of aromatic nitrogens is 1. The van der Waals surface area contributed by atoms with Gasteiger partial charge >= 0.3 is 0 Å². The molecule has 0 N–H and O–H groups in total. The first-order valence-corrected chi connectivity index (χ1v) is 5.22. The molecule has 1 aromatic carbocycles. The molecule has 3 nitrogen and oxygen atoms in total. The van der Waals surface area contributed by atoms with Crippen LogP contribution in [0.5, 0.6) is 0 Å². The molecule has 0 saturated heterocycles. The first-order valence-electron chi connectivity index (χ1n) is 4.43. The summed E-state index contributed by atoms with van der Waals surface area (Å²) in [5.74, 6) is 1.12. The second kappa shape index (κ2) is 3.24. The summed E-state index contributed by atoms with van der Waals surface area (Å²) in [6.45, 7) is 0. The molecule has 0 aliphatic rings. The van der Waals surface area contributed by atoms with Gasteiger partial charge in [0.2, 0.25) is 0 Å². The van der Waals surface area contributed by atoms with Crippen LogP contribution >= 0.6 is 15.9 Å². The molecule has 0 bridgehead atoms. The van der Waals surface area contributed by atoms with Crippen molar-refractivity contribution in [2.24, 2.45) is 0 Å². The van der Waals surface area contributed by atoms with Gasteiger partial charge in [0.15, 0.2) is 11.3 Å². The van der Waals surface area contributed by atoms with Crippen molar-refractivity contribution in [3.63, 3.8) is 0 Å². The zero-order valence-electron chi connectivity index (χ0n) is 7.61. The molecule has 0 fully saturated rings. The first-order chi connectivity index (χ1) is 7.33. The van der Waals surface area contributed by atoms with Crippen LogP contribution < -0.4 is 0 Å². The molecule has 15 heavy (non-hydrogen) atoms. The van der Waals surface area contributed by atoms with E-state index in [-0.39, 0.29) is 0 Å². The minimum absolute atomic E-state index is 0.502. The summed E-state index contributed by atoms with van der Waals surface area (Å²) in [4.78, 5) is 4.32. The largest absolute Gasteiger partial charge is 0.458 e. The molecule has 0 aliphatic heterocycles. The van der Waals surface area contributed by atoms with E-state index in [2.05, 4.69) is 20.9 Å². The minimum Gasteiger partial charge on any atom is -0.458 e. The van der Waals surface area contributed by atoms with E-state index in [0.29, 0.717) is 11.7 Å². The fourth-order valence-corrected chi connectivity index (χ4v) is 1.70. The Kier molecular flexibility index (Phi) is 1.89. The van der Waals surface area contributed by atoms with Gasteiger partial charge in [-0.3, -0.25) is 0 Å². The molecule has 3 rings (SSSR count). The van der Waals surface area contributed by atoms with Crippen LogP contribution in [-0.4, -0.2) is 4.98 Å². The normalized spacial score (nSPS) is 11.0. The van der Waals surface area contributed by atoms with Crippen molar-refractivity contribution in [1.29, 1.82) is 0 Å². The first kappa shape index (κ1) is 8.73. The standard InChI is InChI=1S/C11H6BrNO2/c12-7-5-10(14-6-7)11-13-8-3-1-2-4-9(8)15-11/h1-6H. The van der Waals surface area contributed by atoms with Crippen LogP contribution in [0.2, 0.25) is 0 Å². The third-order valence-electron chi connectivity index (χ3n) is 2.07. The number of benzene rings is 1. The molecule has 0 unspecified atom stereocenters. The van der Waals surface area contributed by atoms with E-state index >= 15 is 0 Å². The van der Waals surface area contributed by atoms with Crippen molar-refractivity contribution in [3.05, 3.63) is 41.1 Å². The number of furan rings is 1. The van der Waals surface area contributed by atoms with Crippen LogP contribution in [0, 0.1) is 0 Å². The van der Waals surface area contributed by atoms with Crippen LogP contribution in [0.15, 0.2) is 49.9 Å². The molecule has 0 saturated carbocycles. The van der Waals surface area contributed by atoms with E-state index in [1.54, 1.807) is 6.26 Å². The summed E-state index contributed by atoms with van der Waals surface area (Å²) in [6, 6.07) is 9.44. The Morgan fingerprint density at radius 1 is 1.20 bits per heavy atom. The van der Waals surface area contributed by atoms with Crippen molar-refractivity contribution < 1.29 is 8.83 Å². The summed E-state index contributed by atoms with van der Waals surface area (Å²) in [5, 5.41) is 0. The second-order valence-corrected chi connectivity index (χ2v) is 4.03. The van der Waals surface area contributed by atoms with Gasteiger partial charge in [-0.2, -0.15) is 0 Å². The van der Waals surface area contributed by atoms with E-state index in [4.69, 9.17) is 8.83 Å². The van der Waals surface area contributed by atoms with Crippen molar-refractivity contribution in [2.75, 3.05) is 0 Å². The average molecular weight is 264 g/mol. The second-order valence-electron chi connectivity index (χ2n) is 3.12. The van der Waals surface area contributed by atoms with E-state index in [0.717, 1.165) is 15.6 Å². The Morgan fingerprint density at radius 2 is 2.07 bits per heavy atom. The van der Waals surface area contributed by atoms with Crippen molar-refractivity contribution in [3.8, 4) is 11.7 Å². The molecular formula is C11H6BrNO2. The van der Waals surface area contributed by atoms with Crippen molar-refractivity contribution >= 4 is 27.0 Å². The third kappa shape index (κ3) is 1.47. The zero-order chi connectivity index (χ0) is 10.3. The summed E-state index contributed by atoms with van der Waals surface area (Å²) in [7, 11) is 0. The predicted molar refractivity (Wildman–Crippen MR) is 59.4 cm³/mol. The van der Waals surface area contributed by atoms with Gasteiger partial charge in [-0.1, -0.05) is 12.1 Å². The number of halogens is 1. The van der Waals surface area contributed by atoms with Gasteiger partial charge in [0, 0.05) is 6.07 Å². The average Bonchev–Trinajstić information content (AvgIpc) is 2.82.